The summed E-state index contributed by atoms with van der Waals surface area (Å²) in [5.74, 6) is 1.34. The van der Waals surface area contributed by atoms with Crippen molar-refractivity contribution >= 4 is 28.5 Å². The molecule has 0 saturated carbocycles. The molecule has 0 bridgehead atoms. The molecule has 23 heavy (non-hydrogen) atoms. The van der Waals surface area contributed by atoms with E-state index in [1.165, 1.54) is 23.3 Å². The van der Waals surface area contributed by atoms with Gasteiger partial charge in [-0.25, -0.2) is 4.98 Å². The highest BCUT2D eigenvalue weighted by molar-refractivity contribution is 7.98. The first-order valence-corrected chi connectivity index (χ1v) is 8.37. The minimum Gasteiger partial charge on any atom is -0.333 e. The number of benzene rings is 2. The number of fused-ring (bicyclic) bond motifs is 1. The predicted molar refractivity (Wildman–Crippen MR) is 92.8 cm³/mol. The maximum atomic E-state index is 10.8. The highest BCUT2D eigenvalue weighted by Crippen LogP contribution is 2.26. The van der Waals surface area contributed by atoms with Gasteiger partial charge in [-0.05, 0) is 23.1 Å². The highest BCUT2D eigenvalue weighted by Gasteiger charge is 2.10. The average molecular weight is 327 g/mol. The lowest BCUT2D eigenvalue weighted by atomic mass is 10.0. The summed E-state index contributed by atoms with van der Waals surface area (Å²) in [5, 5.41) is 11.6. The number of nitro groups is 1. The third-order valence-electron chi connectivity index (χ3n) is 3.68. The Morgan fingerprint density at radius 2 is 1.96 bits per heavy atom. The van der Waals surface area contributed by atoms with E-state index < -0.39 is 4.92 Å². The van der Waals surface area contributed by atoms with Gasteiger partial charge in [0.1, 0.15) is 0 Å². The minimum absolute atomic E-state index is 0.0713. The van der Waals surface area contributed by atoms with E-state index in [9.17, 15) is 10.1 Å². The molecule has 2 aromatic carbocycles. The molecule has 0 aliphatic carbocycles. The van der Waals surface area contributed by atoms with Crippen molar-refractivity contribution in [2.24, 2.45) is 0 Å². The van der Waals surface area contributed by atoms with Crippen molar-refractivity contribution in [1.82, 2.24) is 9.97 Å². The largest absolute Gasteiger partial charge is 0.333 e. The Kier molecular flexibility index (Phi) is 4.34. The molecule has 1 aromatic heterocycles. The van der Waals surface area contributed by atoms with Crippen LogP contribution in [-0.4, -0.2) is 14.9 Å². The minimum atomic E-state index is -0.399. The monoisotopic (exact) mass is 327 g/mol. The summed E-state index contributed by atoms with van der Waals surface area (Å²) >= 11 is 1.59. The van der Waals surface area contributed by atoms with Gasteiger partial charge in [-0.15, -0.1) is 0 Å². The average Bonchev–Trinajstić information content (AvgIpc) is 2.95. The van der Waals surface area contributed by atoms with Crippen LogP contribution in [-0.2, 0) is 5.75 Å². The summed E-state index contributed by atoms with van der Waals surface area (Å²) in [6.45, 7) is 4.36. The molecule has 3 rings (SSSR count). The number of rotatable bonds is 5. The summed E-state index contributed by atoms with van der Waals surface area (Å²) in [6, 6.07) is 13.2. The quantitative estimate of drug-likeness (QED) is 0.411. The number of hydrogen-bond acceptors (Lipinski definition) is 4. The van der Waals surface area contributed by atoms with E-state index in [4.69, 9.17) is 0 Å². The van der Waals surface area contributed by atoms with Crippen molar-refractivity contribution < 1.29 is 4.92 Å². The van der Waals surface area contributed by atoms with Gasteiger partial charge in [0.25, 0.3) is 5.69 Å². The molecule has 0 fully saturated rings. The van der Waals surface area contributed by atoms with E-state index in [0.29, 0.717) is 11.4 Å². The van der Waals surface area contributed by atoms with E-state index in [-0.39, 0.29) is 5.69 Å². The number of nitro benzene ring substituents is 1. The van der Waals surface area contributed by atoms with E-state index in [0.717, 1.165) is 16.4 Å². The summed E-state index contributed by atoms with van der Waals surface area (Å²) < 4.78 is 0. The van der Waals surface area contributed by atoms with Crippen molar-refractivity contribution in [2.45, 2.75) is 30.7 Å². The van der Waals surface area contributed by atoms with Gasteiger partial charge in [0, 0.05) is 17.9 Å². The molecule has 0 atom stereocenters. The zero-order valence-corrected chi connectivity index (χ0v) is 13.8. The maximum Gasteiger partial charge on any atom is 0.271 e. The lowest BCUT2D eigenvalue weighted by molar-refractivity contribution is -0.384. The lowest BCUT2D eigenvalue weighted by Crippen LogP contribution is -1.88. The first kappa shape index (κ1) is 15.6. The van der Waals surface area contributed by atoms with E-state index in [1.54, 1.807) is 17.8 Å². The van der Waals surface area contributed by atoms with Gasteiger partial charge < -0.3 is 4.98 Å². The molecule has 0 aliphatic rings. The van der Waals surface area contributed by atoms with Crippen LogP contribution in [0, 0.1) is 10.1 Å². The normalized spacial score (nSPS) is 11.3. The van der Waals surface area contributed by atoms with E-state index in [1.807, 2.05) is 0 Å². The van der Waals surface area contributed by atoms with Crippen molar-refractivity contribution in [3.63, 3.8) is 0 Å². The summed E-state index contributed by atoms with van der Waals surface area (Å²) in [4.78, 5) is 18.0. The van der Waals surface area contributed by atoms with Crippen LogP contribution in [0.15, 0.2) is 47.6 Å². The molecule has 0 spiro atoms. The zero-order valence-electron chi connectivity index (χ0n) is 12.9. The molecule has 1 N–H and O–H groups in total. The van der Waals surface area contributed by atoms with Crippen LogP contribution >= 0.6 is 11.8 Å². The van der Waals surface area contributed by atoms with Crippen LogP contribution < -0.4 is 0 Å². The molecule has 0 saturated heterocycles. The number of aromatic amines is 1. The third-order valence-corrected chi connectivity index (χ3v) is 4.62. The molecule has 3 aromatic rings. The van der Waals surface area contributed by atoms with Gasteiger partial charge in [0.05, 0.1) is 16.0 Å². The number of nitrogens with one attached hydrogen (secondary N) is 1. The van der Waals surface area contributed by atoms with Gasteiger partial charge in [-0.2, -0.15) is 0 Å². The first-order valence-electron chi connectivity index (χ1n) is 7.39. The third kappa shape index (κ3) is 3.53. The highest BCUT2D eigenvalue weighted by atomic mass is 32.2. The second-order valence-electron chi connectivity index (χ2n) is 5.69. The molecular formula is C17H17N3O2S. The second kappa shape index (κ2) is 6.42. The van der Waals surface area contributed by atoms with Crippen molar-refractivity contribution in [1.29, 1.82) is 0 Å². The van der Waals surface area contributed by atoms with E-state index in [2.05, 4.69) is 48.1 Å². The van der Waals surface area contributed by atoms with Crippen LogP contribution in [0.5, 0.6) is 0 Å². The smallest absolute Gasteiger partial charge is 0.271 e. The molecule has 1 heterocycles. The van der Waals surface area contributed by atoms with Crippen molar-refractivity contribution in [3.05, 3.63) is 63.7 Å². The Hall–Kier alpha value is -2.34. The fraction of sp³-hybridized carbons (Fsp3) is 0.235. The van der Waals surface area contributed by atoms with Crippen molar-refractivity contribution in [2.75, 3.05) is 0 Å². The molecule has 0 radical (unpaired) electrons. The Labute approximate surface area is 138 Å². The summed E-state index contributed by atoms with van der Waals surface area (Å²) in [6.07, 6.45) is 0. The summed E-state index contributed by atoms with van der Waals surface area (Å²) in [7, 11) is 0. The molecule has 6 heteroatoms. The Balaban J connectivity index is 1.72. The second-order valence-corrected chi connectivity index (χ2v) is 6.65. The SMILES string of the molecule is CC(C)c1ccc(CSc2nc3ccc([N+](=O)[O-])cc3[nH]2)cc1. The standard InChI is InChI=1S/C17H17N3O2S/c1-11(2)13-5-3-12(4-6-13)10-23-17-18-15-8-7-14(20(21)22)9-16(15)19-17/h3-9,11H,10H2,1-2H3,(H,18,19). The topological polar surface area (TPSA) is 71.8 Å². The molecule has 118 valence electrons. The van der Waals surface area contributed by atoms with Crippen LogP contribution in [0.4, 0.5) is 5.69 Å². The van der Waals surface area contributed by atoms with Gasteiger partial charge in [-0.3, -0.25) is 10.1 Å². The van der Waals surface area contributed by atoms with Crippen LogP contribution in [0.3, 0.4) is 0 Å². The fourth-order valence-electron chi connectivity index (χ4n) is 2.31. The zero-order chi connectivity index (χ0) is 16.4. The Morgan fingerprint density at radius 1 is 1.22 bits per heavy atom. The van der Waals surface area contributed by atoms with Gasteiger partial charge in [0.2, 0.25) is 0 Å². The maximum absolute atomic E-state index is 10.8. The van der Waals surface area contributed by atoms with Crippen LogP contribution in [0.1, 0.15) is 30.9 Å². The molecule has 0 unspecified atom stereocenters. The number of hydrogen-bond donors (Lipinski definition) is 1. The van der Waals surface area contributed by atoms with Crippen LogP contribution in [0.2, 0.25) is 0 Å². The fourth-order valence-corrected chi connectivity index (χ4v) is 3.15. The first-order chi connectivity index (χ1) is 11.0. The number of aromatic nitrogens is 2. The molecule has 0 amide bonds. The number of thioether (sulfide) groups is 1. The van der Waals surface area contributed by atoms with Gasteiger partial charge >= 0.3 is 0 Å². The molecule has 0 aliphatic heterocycles. The van der Waals surface area contributed by atoms with Gasteiger partial charge in [0.15, 0.2) is 5.16 Å². The Morgan fingerprint density at radius 3 is 2.61 bits per heavy atom. The number of nitrogens with zero attached hydrogens (tertiary/aromatic N) is 2. The Bertz CT molecular complexity index is 841. The molecule has 5 nitrogen and oxygen atoms in total. The van der Waals surface area contributed by atoms with Crippen LogP contribution in [0.25, 0.3) is 11.0 Å². The number of imidazole rings is 1. The molecular weight excluding hydrogens is 310 g/mol. The van der Waals surface area contributed by atoms with Gasteiger partial charge in [-0.1, -0.05) is 49.9 Å². The lowest BCUT2D eigenvalue weighted by Gasteiger charge is -2.06. The van der Waals surface area contributed by atoms with Crippen molar-refractivity contribution in [3.8, 4) is 0 Å². The number of H-pyrrole nitrogens is 1. The predicted octanol–water partition coefficient (Wildman–Crippen LogP) is 4.89. The summed E-state index contributed by atoms with van der Waals surface area (Å²) in [5.41, 5.74) is 4.06. The number of non-ortho nitro benzene ring substituents is 1. The van der Waals surface area contributed by atoms with E-state index >= 15 is 0 Å².